The molecule has 1 aromatic heterocycles. The highest BCUT2D eigenvalue weighted by molar-refractivity contribution is 5.98. The number of nitrogens with one attached hydrogen (secondary N) is 2. The molecule has 0 saturated heterocycles. The number of ether oxygens (including phenoxy) is 1. The van der Waals surface area contributed by atoms with Crippen LogP contribution in [0.15, 0.2) is 29.1 Å². The first-order chi connectivity index (χ1) is 13.3. The molecule has 0 unspecified atom stereocenters. The third kappa shape index (κ3) is 4.86. The summed E-state index contributed by atoms with van der Waals surface area (Å²) < 4.78 is 5.09. The number of aldehydes is 1. The molecule has 150 valence electrons. The van der Waals surface area contributed by atoms with Gasteiger partial charge in [-0.05, 0) is 36.6 Å². The third-order valence-electron chi connectivity index (χ3n) is 3.98. The Morgan fingerprint density at radius 1 is 1.36 bits per heavy atom. The van der Waals surface area contributed by atoms with Crippen molar-refractivity contribution in [2.75, 3.05) is 17.4 Å². The van der Waals surface area contributed by atoms with E-state index in [9.17, 15) is 14.4 Å². The molecule has 6 N–H and O–H groups in total. The van der Waals surface area contributed by atoms with Gasteiger partial charge in [0, 0.05) is 5.69 Å². The molecule has 10 nitrogen and oxygen atoms in total. The number of carbonyl (C=O) groups excluding carboxylic acids is 2. The van der Waals surface area contributed by atoms with Crippen LogP contribution in [0.5, 0.6) is 5.75 Å². The van der Waals surface area contributed by atoms with Gasteiger partial charge in [-0.3, -0.25) is 19.6 Å². The van der Waals surface area contributed by atoms with Gasteiger partial charge >= 0.3 is 0 Å². The van der Waals surface area contributed by atoms with Gasteiger partial charge in [-0.1, -0.05) is 13.8 Å². The Morgan fingerprint density at radius 2 is 2.00 bits per heavy atom. The van der Waals surface area contributed by atoms with E-state index in [1.807, 2.05) is 13.8 Å². The molecule has 1 heterocycles. The van der Waals surface area contributed by atoms with Crippen molar-refractivity contribution in [1.29, 1.82) is 0 Å². The Balaban J connectivity index is 2.45. The molecule has 1 aromatic carbocycles. The number of aromatic amines is 1. The summed E-state index contributed by atoms with van der Waals surface area (Å²) in [5.74, 6) is 5.74. The molecule has 1 atom stereocenters. The van der Waals surface area contributed by atoms with Gasteiger partial charge in [0.05, 0.1) is 7.11 Å². The number of nitrogens with zero attached hydrogens (tertiary/aromatic N) is 2. The van der Waals surface area contributed by atoms with E-state index in [0.29, 0.717) is 24.1 Å². The van der Waals surface area contributed by atoms with Crippen LogP contribution in [-0.4, -0.2) is 35.3 Å². The number of methoxy groups -OCH3 is 1. The topological polar surface area (TPSA) is 156 Å². The van der Waals surface area contributed by atoms with Crippen LogP contribution in [0.2, 0.25) is 0 Å². The number of carbonyl (C=O) groups is 2. The quantitative estimate of drug-likeness (QED) is 0.280. The summed E-state index contributed by atoms with van der Waals surface area (Å²) in [6.07, 6.45) is 1.14. The van der Waals surface area contributed by atoms with Gasteiger partial charge in [0.1, 0.15) is 23.6 Å². The molecule has 1 amide bonds. The van der Waals surface area contributed by atoms with Crippen molar-refractivity contribution < 1.29 is 14.3 Å². The molecule has 0 aliphatic rings. The molecule has 10 heteroatoms. The molecule has 0 aliphatic carbocycles. The fraction of sp³-hybridized carbons (Fsp3) is 0.333. The van der Waals surface area contributed by atoms with Crippen LogP contribution in [0, 0.1) is 5.92 Å². The highest BCUT2D eigenvalue weighted by Gasteiger charge is 2.23. The number of primary amides is 1. The number of H-pyrrole nitrogens is 1. The van der Waals surface area contributed by atoms with Crippen molar-refractivity contribution in [3.8, 4) is 5.75 Å². The zero-order valence-corrected chi connectivity index (χ0v) is 15.9. The lowest BCUT2D eigenvalue weighted by atomic mass is 10.0. The molecular weight excluding hydrogens is 364 g/mol. The molecular formula is C18H24N6O4. The summed E-state index contributed by atoms with van der Waals surface area (Å²) in [6, 6.07) is 6.05. The van der Waals surface area contributed by atoms with Crippen LogP contribution in [-0.2, 0) is 4.79 Å². The van der Waals surface area contributed by atoms with Crippen LogP contribution >= 0.6 is 0 Å². The van der Waals surface area contributed by atoms with Crippen LogP contribution in [0.4, 0.5) is 17.5 Å². The predicted octanol–water partition coefficient (Wildman–Crippen LogP) is 0.915. The lowest BCUT2D eigenvalue weighted by molar-refractivity contribution is -0.109. The average molecular weight is 388 g/mol. The number of anilines is 3. The zero-order chi connectivity index (χ0) is 20.8. The number of hydrogen-bond donors (Lipinski definition) is 4. The Kier molecular flexibility index (Phi) is 6.72. The number of benzene rings is 1. The second-order valence-corrected chi connectivity index (χ2v) is 6.57. The largest absolute Gasteiger partial charge is 0.497 e. The first-order valence-electron chi connectivity index (χ1n) is 8.61. The van der Waals surface area contributed by atoms with Crippen LogP contribution < -0.4 is 32.2 Å². The second-order valence-electron chi connectivity index (χ2n) is 6.57. The van der Waals surface area contributed by atoms with Gasteiger partial charge in [-0.25, -0.2) is 5.84 Å². The first kappa shape index (κ1) is 20.9. The Labute approximate surface area is 161 Å². The van der Waals surface area contributed by atoms with E-state index in [4.69, 9.17) is 16.3 Å². The number of rotatable bonds is 9. The number of hydrazine groups is 1. The van der Waals surface area contributed by atoms with Gasteiger partial charge in [-0.2, -0.15) is 4.98 Å². The van der Waals surface area contributed by atoms with E-state index in [0.717, 1.165) is 5.01 Å². The molecule has 2 aromatic rings. The van der Waals surface area contributed by atoms with Gasteiger partial charge < -0.3 is 20.6 Å². The van der Waals surface area contributed by atoms with Crippen molar-refractivity contribution in [1.82, 2.24) is 9.97 Å². The maximum atomic E-state index is 12.4. The van der Waals surface area contributed by atoms with Crippen molar-refractivity contribution in [2.45, 2.75) is 26.3 Å². The molecule has 0 spiro atoms. The number of nitrogens with two attached hydrogens (primary N) is 2. The average Bonchev–Trinajstić information content (AvgIpc) is 2.65. The molecule has 0 aliphatic heterocycles. The minimum atomic E-state index is -0.950. The SMILES string of the molecule is COc1ccc(Nc2nc(N(N)[C@@H](C=O)CC(C)C)[nH]c(=O)c2C(N)=O)cc1. The molecule has 2 rings (SSSR count). The van der Waals surface area contributed by atoms with Crippen molar-refractivity contribution in [3.05, 3.63) is 40.2 Å². The molecule has 0 radical (unpaired) electrons. The fourth-order valence-electron chi connectivity index (χ4n) is 2.59. The van der Waals surface area contributed by atoms with E-state index in [1.54, 1.807) is 24.3 Å². The Bertz CT molecular complexity index is 894. The third-order valence-corrected chi connectivity index (χ3v) is 3.98. The van der Waals surface area contributed by atoms with E-state index in [-0.39, 0.29) is 23.2 Å². The fourth-order valence-corrected chi connectivity index (χ4v) is 2.59. The van der Waals surface area contributed by atoms with Crippen molar-refractivity contribution >= 4 is 29.6 Å². The number of hydrogen-bond acceptors (Lipinski definition) is 8. The summed E-state index contributed by atoms with van der Waals surface area (Å²) in [5.41, 5.74) is 4.77. The number of amides is 1. The summed E-state index contributed by atoms with van der Waals surface area (Å²) in [4.78, 5) is 42.2. The van der Waals surface area contributed by atoms with E-state index in [1.165, 1.54) is 7.11 Å². The highest BCUT2D eigenvalue weighted by atomic mass is 16.5. The summed E-state index contributed by atoms with van der Waals surface area (Å²) in [7, 11) is 1.54. The number of aromatic nitrogens is 2. The Morgan fingerprint density at radius 3 is 2.50 bits per heavy atom. The first-order valence-corrected chi connectivity index (χ1v) is 8.61. The van der Waals surface area contributed by atoms with Gasteiger partial charge in [0.2, 0.25) is 5.95 Å². The van der Waals surface area contributed by atoms with Crippen LogP contribution in [0.1, 0.15) is 30.6 Å². The minimum Gasteiger partial charge on any atom is -0.497 e. The summed E-state index contributed by atoms with van der Waals surface area (Å²) in [6.45, 7) is 3.88. The molecule has 0 bridgehead atoms. The maximum Gasteiger partial charge on any atom is 0.267 e. The summed E-state index contributed by atoms with van der Waals surface area (Å²) >= 11 is 0. The lowest BCUT2D eigenvalue weighted by Crippen LogP contribution is -2.45. The van der Waals surface area contributed by atoms with Gasteiger partial charge in [-0.15, -0.1) is 0 Å². The molecule has 28 heavy (non-hydrogen) atoms. The molecule has 0 fully saturated rings. The second kappa shape index (κ2) is 9.00. The smallest absolute Gasteiger partial charge is 0.267 e. The van der Waals surface area contributed by atoms with Crippen molar-refractivity contribution in [3.63, 3.8) is 0 Å². The van der Waals surface area contributed by atoms with E-state index < -0.39 is 17.5 Å². The van der Waals surface area contributed by atoms with Gasteiger partial charge in [0.25, 0.3) is 11.5 Å². The van der Waals surface area contributed by atoms with Crippen LogP contribution in [0.25, 0.3) is 0 Å². The van der Waals surface area contributed by atoms with E-state index in [2.05, 4.69) is 15.3 Å². The Hall–Kier alpha value is -3.40. The normalized spacial score (nSPS) is 11.8. The van der Waals surface area contributed by atoms with Crippen LogP contribution in [0.3, 0.4) is 0 Å². The van der Waals surface area contributed by atoms with E-state index >= 15 is 0 Å². The van der Waals surface area contributed by atoms with Crippen molar-refractivity contribution in [2.24, 2.45) is 17.5 Å². The lowest BCUT2D eigenvalue weighted by Gasteiger charge is -2.25. The predicted molar refractivity (Wildman–Crippen MR) is 106 cm³/mol. The standard InChI is InChI=1S/C18H24N6O4/c1-10(2)8-12(9-25)24(20)18-22-16(14(15(19)26)17(27)23-18)21-11-4-6-13(28-3)7-5-11/h4-7,9-10,12H,8,20H2,1-3H3,(H2,19,26)(H2,21,22,23,27)/t12-/m1/s1. The van der Waals surface area contributed by atoms with Gasteiger partial charge in [0.15, 0.2) is 5.82 Å². The highest BCUT2D eigenvalue weighted by Crippen LogP contribution is 2.22. The molecule has 0 saturated carbocycles. The minimum absolute atomic E-state index is 0.0660. The monoisotopic (exact) mass is 388 g/mol. The zero-order valence-electron chi connectivity index (χ0n) is 15.9. The summed E-state index contributed by atoms with van der Waals surface area (Å²) in [5, 5.41) is 3.95. The maximum absolute atomic E-state index is 12.4.